The number of hydrogen-bond acceptors (Lipinski definition) is 1. The summed E-state index contributed by atoms with van der Waals surface area (Å²) in [6.45, 7) is 2.10. The summed E-state index contributed by atoms with van der Waals surface area (Å²) in [5.41, 5.74) is 3.09. The van der Waals surface area contributed by atoms with Crippen LogP contribution in [0.15, 0.2) is 42.5 Å². The van der Waals surface area contributed by atoms with E-state index < -0.39 is 0 Å². The molecule has 1 N–H and O–H groups in total. The molecule has 0 amide bonds. The summed E-state index contributed by atoms with van der Waals surface area (Å²) in [4.78, 5) is 3.19. The van der Waals surface area contributed by atoms with Gasteiger partial charge in [-0.1, -0.05) is 35.3 Å². The topological polar surface area (TPSA) is 20.7 Å². The monoisotopic (exact) mass is 322 g/mol. The average molecular weight is 323 g/mol. The number of H-pyrrole nitrogens is 1. The first-order chi connectivity index (χ1) is 9.56. The van der Waals surface area contributed by atoms with Crippen molar-refractivity contribution in [2.45, 2.75) is 13.0 Å². The first-order valence-electron chi connectivity index (χ1n) is 6.21. The van der Waals surface area contributed by atoms with Gasteiger partial charge in [0.2, 0.25) is 0 Å². The molecule has 20 heavy (non-hydrogen) atoms. The van der Waals surface area contributed by atoms with E-state index in [0.717, 1.165) is 21.6 Å². The van der Waals surface area contributed by atoms with Crippen LogP contribution in [0.3, 0.4) is 0 Å². The largest absolute Gasteiger partial charge is 0.331 e. The number of aromatic amines is 1. The van der Waals surface area contributed by atoms with Gasteiger partial charge in [-0.15, -0.1) is 0 Å². The number of nitrogens with zero attached hydrogens (tertiary/aromatic N) is 1. The smallest absolute Gasteiger partial charge is 0.178 e. The molecule has 0 spiro atoms. The molecule has 0 radical (unpaired) electrons. The lowest BCUT2D eigenvalue weighted by Crippen LogP contribution is -2.06. The molecule has 0 saturated carbocycles. The van der Waals surface area contributed by atoms with Gasteiger partial charge in [0.25, 0.3) is 0 Å². The maximum absolute atomic E-state index is 6.07. The minimum Gasteiger partial charge on any atom is -0.331 e. The summed E-state index contributed by atoms with van der Waals surface area (Å²) in [6, 6.07) is 13.6. The van der Waals surface area contributed by atoms with Gasteiger partial charge in [-0.25, -0.2) is 0 Å². The number of nitrogens with one attached hydrogen (secondary N) is 1. The summed E-state index contributed by atoms with van der Waals surface area (Å²) in [5, 5.41) is 1.42. The van der Waals surface area contributed by atoms with E-state index in [0.29, 0.717) is 9.79 Å². The van der Waals surface area contributed by atoms with E-state index >= 15 is 0 Å². The zero-order valence-electron chi connectivity index (χ0n) is 10.7. The van der Waals surface area contributed by atoms with Crippen molar-refractivity contribution in [1.29, 1.82) is 0 Å². The third-order valence-electron chi connectivity index (χ3n) is 3.40. The first-order valence-corrected chi connectivity index (χ1v) is 7.38. The Bertz CT molecular complexity index is 835. The summed E-state index contributed by atoms with van der Waals surface area (Å²) in [5.74, 6) is 0. The number of fused-ring (bicyclic) bond motifs is 1. The standard InChI is InChI=1S/C15H12Cl2N2S/c1-9(10-3-2-4-11(16)7-10)19-14-6-5-12(17)8-13(14)18-15(19)20/h2-9H,1H3,(H,18,20). The molecule has 0 bridgehead atoms. The van der Waals surface area contributed by atoms with Crippen molar-refractivity contribution in [3.63, 3.8) is 0 Å². The van der Waals surface area contributed by atoms with Gasteiger partial charge < -0.3 is 9.55 Å². The van der Waals surface area contributed by atoms with Crippen LogP contribution in [0.4, 0.5) is 0 Å². The van der Waals surface area contributed by atoms with Crippen LogP contribution in [-0.4, -0.2) is 9.55 Å². The number of imidazole rings is 1. The number of aromatic nitrogens is 2. The van der Waals surface area contributed by atoms with Crippen LogP contribution in [0, 0.1) is 4.77 Å². The van der Waals surface area contributed by atoms with Crippen LogP contribution in [0.25, 0.3) is 11.0 Å². The lowest BCUT2D eigenvalue weighted by Gasteiger charge is -2.15. The third kappa shape index (κ3) is 2.37. The fourth-order valence-corrected chi connectivity index (χ4v) is 3.14. The predicted molar refractivity (Wildman–Crippen MR) is 87.4 cm³/mol. The molecular weight excluding hydrogens is 311 g/mol. The number of rotatable bonds is 2. The summed E-state index contributed by atoms with van der Waals surface area (Å²) in [6.07, 6.45) is 0. The van der Waals surface area contributed by atoms with Crippen molar-refractivity contribution in [2.75, 3.05) is 0 Å². The predicted octanol–water partition coefficient (Wildman–Crippen LogP) is 5.61. The second kappa shape index (κ2) is 5.24. The fraction of sp³-hybridized carbons (Fsp3) is 0.133. The van der Waals surface area contributed by atoms with E-state index in [1.54, 1.807) is 0 Å². The highest BCUT2D eigenvalue weighted by Crippen LogP contribution is 2.27. The van der Waals surface area contributed by atoms with Crippen LogP contribution < -0.4 is 0 Å². The Morgan fingerprint density at radius 2 is 1.85 bits per heavy atom. The second-order valence-electron chi connectivity index (χ2n) is 4.69. The second-order valence-corrected chi connectivity index (χ2v) is 5.95. The number of hydrogen-bond donors (Lipinski definition) is 1. The molecule has 0 aliphatic rings. The van der Waals surface area contributed by atoms with Crippen molar-refractivity contribution in [2.24, 2.45) is 0 Å². The van der Waals surface area contributed by atoms with Crippen molar-refractivity contribution < 1.29 is 0 Å². The molecule has 1 atom stereocenters. The minimum absolute atomic E-state index is 0.0936. The van der Waals surface area contributed by atoms with Gasteiger partial charge in [-0.2, -0.15) is 0 Å². The lowest BCUT2D eigenvalue weighted by atomic mass is 10.1. The molecule has 2 aromatic carbocycles. The Morgan fingerprint density at radius 3 is 2.60 bits per heavy atom. The van der Waals surface area contributed by atoms with E-state index in [9.17, 15) is 0 Å². The molecule has 3 rings (SSSR count). The Hall–Kier alpha value is -1.29. The van der Waals surface area contributed by atoms with Gasteiger partial charge in [0.15, 0.2) is 4.77 Å². The maximum atomic E-state index is 6.07. The molecule has 2 nitrogen and oxygen atoms in total. The van der Waals surface area contributed by atoms with Crippen LogP contribution in [-0.2, 0) is 0 Å². The average Bonchev–Trinajstić information content (AvgIpc) is 2.73. The summed E-state index contributed by atoms with van der Waals surface area (Å²) >= 11 is 17.5. The van der Waals surface area contributed by atoms with E-state index in [-0.39, 0.29) is 6.04 Å². The van der Waals surface area contributed by atoms with Gasteiger partial charge in [-0.3, -0.25) is 0 Å². The number of halogens is 2. The van der Waals surface area contributed by atoms with Crippen LogP contribution in [0.5, 0.6) is 0 Å². The highest BCUT2D eigenvalue weighted by molar-refractivity contribution is 7.71. The molecule has 3 aromatic rings. The van der Waals surface area contributed by atoms with E-state index in [4.69, 9.17) is 35.4 Å². The van der Waals surface area contributed by atoms with Crippen molar-refractivity contribution in [3.8, 4) is 0 Å². The summed E-state index contributed by atoms with van der Waals surface area (Å²) in [7, 11) is 0. The Balaban J connectivity index is 2.19. The van der Waals surface area contributed by atoms with Gasteiger partial charge in [0.05, 0.1) is 17.1 Å². The van der Waals surface area contributed by atoms with Gasteiger partial charge >= 0.3 is 0 Å². The lowest BCUT2D eigenvalue weighted by molar-refractivity contribution is 0.649. The van der Waals surface area contributed by atoms with Crippen molar-refractivity contribution >= 4 is 46.5 Å². The van der Waals surface area contributed by atoms with Crippen LogP contribution in [0.2, 0.25) is 10.0 Å². The van der Waals surface area contributed by atoms with E-state index in [1.165, 1.54) is 0 Å². The zero-order chi connectivity index (χ0) is 14.3. The molecule has 1 heterocycles. The third-order valence-corrected chi connectivity index (χ3v) is 4.17. The zero-order valence-corrected chi connectivity index (χ0v) is 13.1. The molecular formula is C15H12Cl2N2S. The normalized spacial score (nSPS) is 12.8. The maximum Gasteiger partial charge on any atom is 0.178 e. The minimum atomic E-state index is 0.0936. The van der Waals surface area contributed by atoms with Crippen LogP contribution in [0.1, 0.15) is 18.5 Å². The van der Waals surface area contributed by atoms with Crippen molar-refractivity contribution in [3.05, 3.63) is 62.8 Å². The molecule has 0 saturated heterocycles. The Labute approximate surface area is 132 Å². The molecule has 0 aliphatic heterocycles. The van der Waals surface area contributed by atoms with E-state index in [1.807, 2.05) is 42.5 Å². The SMILES string of the molecule is CC(c1cccc(Cl)c1)n1c(=S)[nH]c2cc(Cl)ccc21. The number of benzene rings is 2. The van der Waals surface area contributed by atoms with E-state index in [2.05, 4.69) is 16.5 Å². The highest BCUT2D eigenvalue weighted by atomic mass is 35.5. The Kier molecular flexibility index (Phi) is 3.59. The highest BCUT2D eigenvalue weighted by Gasteiger charge is 2.13. The molecule has 1 aromatic heterocycles. The molecule has 0 aliphatic carbocycles. The van der Waals surface area contributed by atoms with Crippen molar-refractivity contribution in [1.82, 2.24) is 9.55 Å². The molecule has 0 fully saturated rings. The molecule has 1 unspecified atom stereocenters. The molecule has 5 heteroatoms. The molecule has 102 valence electrons. The summed E-state index contributed by atoms with van der Waals surface area (Å²) < 4.78 is 2.75. The van der Waals surface area contributed by atoms with Crippen LogP contribution >= 0.6 is 35.4 Å². The van der Waals surface area contributed by atoms with Gasteiger partial charge in [0, 0.05) is 10.0 Å². The van der Waals surface area contributed by atoms with Gasteiger partial charge in [-0.05, 0) is 55.0 Å². The quantitative estimate of drug-likeness (QED) is 0.607. The Morgan fingerprint density at radius 1 is 1.10 bits per heavy atom. The van der Waals surface area contributed by atoms with Gasteiger partial charge in [0.1, 0.15) is 0 Å². The first kappa shape index (κ1) is 13.7. The fourth-order valence-electron chi connectivity index (χ4n) is 2.40.